The molecule has 1 saturated heterocycles. The number of carbonyl (C=O) groups excluding carboxylic acids is 1. The van der Waals surface area contributed by atoms with Crippen molar-refractivity contribution in [3.63, 3.8) is 0 Å². The highest BCUT2D eigenvalue weighted by Crippen LogP contribution is 2.27. The molecule has 5 heteroatoms. The van der Waals surface area contributed by atoms with Gasteiger partial charge in [-0.05, 0) is 30.5 Å². The number of anilines is 1. The summed E-state index contributed by atoms with van der Waals surface area (Å²) in [6, 6.07) is 18.2. The molecule has 0 spiro atoms. The van der Waals surface area contributed by atoms with E-state index in [1.54, 1.807) is 0 Å². The number of hydrogen-bond acceptors (Lipinski definition) is 3. The molecule has 2 heterocycles. The molecule has 3 aromatic rings. The van der Waals surface area contributed by atoms with E-state index in [9.17, 15) is 4.79 Å². The second-order valence-corrected chi connectivity index (χ2v) is 7.26. The summed E-state index contributed by atoms with van der Waals surface area (Å²) in [5, 5.41) is 3.08. The van der Waals surface area contributed by atoms with Gasteiger partial charge in [-0.25, -0.2) is 4.98 Å². The average molecular weight is 374 g/mol. The fourth-order valence-corrected chi connectivity index (χ4v) is 3.88. The SMILES string of the molecule is C=CCn1c(N2CCC(C(=O)NCc3ccccc3)CC2)nc2ccccc21. The van der Waals surface area contributed by atoms with E-state index in [1.165, 1.54) is 0 Å². The van der Waals surface area contributed by atoms with Gasteiger partial charge < -0.3 is 14.8 Å². The van der Waals surface area contributed by atoms with Crippen molar-refractivity contribution in [3.05, 3.63) is 72.8 Å². The van der Waals surface area contributed by atoms with Crippen molar-refractivity contribution < 1.29 is 4.79 Å². The topological polar surface area (TPSA) is 50.2 Å². The number of para-hydroxylation sites is 2. The molecule has 0 bridgehead atoms. The Hall–Kier alpha value is -3.08. The van der Waals surface area contributed by atoms with Crippen LogP contribution in [0.3, 0.4) is 0 Å². The van der Waals surface area contributed by atoms with E-state index in [1.807, 2.05) is 54.6 Å². The number of benzene rings is 2. The molecule has 28 heavy (non-hydrogen) atoms. The van der Waals surface area contributed by atoms with Gasteiger partial charge in [-0.3, -0.25) is 4.79 Å². The maximum atomic E-state index is 12.6. The van der Waals surface area contributed by atoms with Crippen molar-refractivity contribution in [2.75, 3.05) is 18.0 Å². The van der Waals surface area contributed by atoms with Gasteiger partial charge in [0, 0.05) is 32.1 Å². The predicted molar refractivity (Wildman–Crippen MR) is 113 cm³/mol. The summed E-state index contributed by atoms with van der Waals surface area (Å²) < 4.78 is 2.21. The molecule has 2 aromatic carbocycles. The number of nitrogens with one attached hydrogen (secondary N) is 1. The molecule has 144 valence electrons. The second kappa shape index (κ2) is 8.30. The maximum absolute atomic E-state index is 12.6. The summed E-state index contributed by atoms with van der Waals surface area (Å²) >= 11 is 0. The second-order valence-electron chi connectivity index (χ2n) is 7.26. The zero-order chi connectivity index (χ0) is 19.3. The van der Waals surface area contributed by atoms with Crippen molar-refractivity contribution in [2.24, 2.45) is 5.92 Å². The highest BCUT2D eigenvalue weighted by Gasteiger charge is 2.27. The summed E-state index contributed by atoms with van der Waals surface area (Å²) in [5.74, 6) is 1.20. The van der Waals surface area contributed by atoms with Gasteiger partial charge in [-0.1, -0.05) is 48.5 Å². The Morgan fingerprint density at radius 2 is 1.82 bits per heavy atom. The maximum Gasteiger partial charge on any atom is 0.223 e. The third kappa shape index (κ3) is 3.79. The summed E-state index contributed by atoms with van der Waals surface area (Å²) in [6.07, 6.45) is 3.59. The summed E-state index contributed by atoms with van der Waals surface area (Å²) in [6.45, 7) is 6.89. The van der Waals surface area contributed by atoms with Gasteiger partial charge >= 0.3 is 0 Å². The molecule has 1 aliphatic rings. The minimum atomic E-state index is 0.0668. The Bertz CT molecular complexity index is 955. The molecule has 1 aromatic heterocycles. The molecule has 5 nitrogen and oxygen atoms in total. The van der Waals surface area contributed by atoms with Crippen LogP contribution in [0.2, 0.25) is 0 Å². The van der Waals surface area contributed by atoms with Crippen LogP contribution >= 0.6 is 0 Å². The standard InChI is InChI=1S/C23H26N4O/c1-2-14-27-21-11-7-6-10-20(21)25-23(27)26-15-12-19(13-16-26)22(28)24-17-18-8-4-3-5-9-18/h2-11,19H,1,12-17H2,(H,24,28). The minimum Gasteiger partial charge on any atom is -0.352 e. The number of imidazole rings is 1. The van der Waals surface area contributed by atoms with Crippen molar-refractivity contribution >= 4 is 22.9 Å². The van der Waals surface area contributed by atoms with Gasteiger partial charge in [0.05, 0.1) is 11.0 Å². The number of amides is 1. The fraction of sp³-hybridized carbons (Fsp3) is 0.304. The van der Waals surface area contributed by atoms with Crippen LogP contribution in [-0.4, -0.2) is 28.5 Å². The molecule has 0 saturated carbocycles. The normalized spacial score (nSPS) is 14.9. The van der Waals surface area contributed by atoms with Crippen molar-refractivity contribution in [1.29, 1.82) is 0 Å². The molecular formula is C23H26N4O. The zero-order valence-corrected chi connectivity index (χ0v) is 16.1. The Labute approximate surface area is 165 Å². The zero-order valence-electron chi connectivity index (χ0n) is 16.1. The number of allylic oxidation sites excluding steroid dienone is 1. The van der Waals surface area contributed by atoms with E-state index in [4.69, 9.17) is 4.98 Å². The van der Waals surface area contributed by atoms with Crippen molar-refractivity contribution in [2.45, 2.75) is 25.9 Å². The van der Waals surface area contributed by atoms with E-state index in [2.05, 4.69) is 27.4 Å². The van der Waals surface area contributed by atoms with Gasteiger partial charge in [0.1, 0.15) is 0 Å². The molecule has 1 N–H and O–H groups in total. The molecule has 1 fully saturated rings. The molecule has 0 atom stereocenters. The Morgan fingerprint density at radius 1 is 1.11 bits per heavy atom. The summed E-state index contributed by atoms with van der Waals surface area (Å²) in [4.78, 5) is 19.7. The van der Waals surface area contributed by atoms with Crippen LogP contribution in [0.15, 0.2) is 67.3 Å². The monoisotopic (exact) mass is 374 g/mol. The Morgan fingerprint density at radius 3 is 2.57 bits per heavy atom. The lowest BCUT2D eigenvalue weighted by Gasteiger charge is -2.32. The smallest absolute Gasteiger partial charge is 0.223 e. The number of carbonyl (C=O) groups is 1. The number of rotatable bonds is 6. The first kappa shape index (κ1) is 18.3. The van der Waals surface area contributed by atoms with Gasteiger partial charge in [0.15, 0.2) is 0 Å². The molecular weight excluding hydrogens is 348 g/mol. The Balaban J connectivity index is 1.40. The highest BCUT2D eigenvalue weighted by molar-refractivity contribution is 5.80. The first-order valence-electron chi connectivity index (χ1n) is 9.89. The minimum absolute atomic E-state index is 0.0668. The lowest BCUT2D eigenvalue weighted by molar-refractivity contribution is -0.125. The number of fused-ring (bicyclic) bond motifs is 1. The van der Waals surface area contributed by atoms with Crippen LogP contribution in [-0.2, 0) is 17.9 Å². The van der Waals surface area contributed by atoms with Crippen LogP contribution < -0.4 is 10.2 Å². The lowest BCUT2D eigenvalue weighted by Crippen LogP contribution is -2.41. The highest BCUT2D eigenvalue weighted by atomic mass is 16.1. The molecule has 1 amide bonds. The third-order valence-electron chi connectivity index (χ3n) is 5.40. The van der Waals surface area contributed by atoms with E-state index < -0.39 is 0 Å². The lowest BCUT2D eigenvalue weighted by atomic mass is 9.96. The Kier molecular flexibility index (Phi) is 5.42. The van der Waals surface area contributed by atoms with Crippen LogP contribution in [0.1, 0.15) is 18.4 Å². The number of hydrogen-bond donors (Lipinski definition) is 1. The van der Waals surface area contributed by atoms with E-state index in [-0.39, 0.29) is 11.8 Å². The molecule has 0 unspecified atom stereocenters. The van der Waals surface area contributed by atoms with Crippen LogP contribution in [0.4, 0.5) is 5.95 Å². The number of aromatic nitrogens is 2. The number of nitrogens with zero attached hydrogens (tertiary/aromatic N) is 3. The number of piperidine rings is 1. The van der Waals surface area contributed by atoms with Crippen LogP contribution in [0.25, 0.3) is 11.0 Å². The van der Waals surface area contributed by atoms with Gasteiger partial charge in [-0.2, -0.15) is 0 Å². The first-order valence-corrected chi connectivity index (χ1v) is 9.89. The fourth-order valence-electron chi connectivity index (χ4n) is 3.88. The van der Waals surface area contributed by atoms with Gasteiger partial charge in [-0.15, -0.1) is 6.58 Å². The van der Waals surface area contributed by atoms with E-state index in [0.29, 0.717) is 6.54 Å². The molecule has 0 radical (unpaired) electrons. The van der Waals surface area contributed by atoms with Crippen LogP contribution in [0.5, 0.6) is 0 Å². The molecule has 4 rings (SSSR count). The summed E-state index contributed by atoms with van der Waals surface area (Å²) in [7, 11) is 0. The largest absolute Gasteiger partial charge is 0.352 e. The van der Waals surface area contributed by atoms with Crippen molar-refractivity contribution in [1.82, 2.24) is 14.9 Å². The van der Waals surface area contributed by atoms with Crippen LogP contribution in [0, 0.1) is 5.92 Å². The average Bonchev–Trinajstić information content (AvgIpc) is 3.12. The first-order chi connectivity index (χ1) is 13.8. The summed E-state index contributed by atoms with van der Waals surface area (Å²) in [5.41, 5.74) is 3.26. The van der Waals surface area contributed by atoms with Gasteiger partial charge in [0.25, 0.3) is 0 Å². The van der Waals surface area contributed by atoms with Crippen molar-refractivity contribution in [3.8, 4) is 0 Å². The predicted octanol–water partition coefficient (Wildman–Crippen LogP) is 3.76. The van der Waals surface area contributed by atoms with E-state index in [0.717, 1.165) is 55.0 Å². The molecule has 0 aliphatic carbocycles. The van der Waals surface area contributed by atoms with Gasteiger partial charge in [0.2, 0.25) is 11.9 Å². The van der Waals surface area contributed by atoms with E-state index >= 15 is 0 Å². The third-order valence-corrected chi connectivity index (χ3v) is 5.40. The molecule has 1 aliphatic heterocycles. The quantitative estimate of drug-likeness (QED) is 0.669.